The van der Waals surface area contributed by atoms with Gasteiger partial charge in [-0.2, -0.15) is 0 Å². The molecule has 0 spiro atoms. The first-order valence-electron chi connectivity index (χ1n) is 9.46. The van der Waals surface area contributed by atoms with E-state index in [1.54, 1.807) is 6.08 Å². The van der Waals surface area contributed by atoms with Gasteiger partial charge in [0.25, 0.3) is 0 Å². The average Bonchev–Trinajstić information content (AvgIpc) is 3.08. The van der Waals surface area contributed by atoms with Crippen molar-refractivity contribution < 1.29 is 14.3 Å². The van der Waals surface area contributed by atoms with Gasteiger partial charge in [0.2, 0.25) is 5.90 Å². The van der Waals surface area contributed by atoms with Crippen LogP contribution in [0.4, 0.5) is 0 Å². The van der Waals surface area contributed by atoms with Crippen molar-refractivity contribution in [3.05, 3.63) is 106 Å². The third kappa shape index (κ3) is 4.27. The third-order valence-corrected chi connectivity index (χ3v) is 4.68. The fourth-order valence-corrected chi connectivity index (χ4v) is 3.18. The molecule has 4 nitrogen and oxygen atoms in total. The molecule has 3 aromatic rings. The molecule has 0 aliphatic carbocycles. The van der Waals surface area contributed by atoms with E-state index in [0.29, 0.717) is 18.3 Å². The highest BCUT2D eigenvalue weighted by Crippen LogP contribution is 2.26. The van der Waals surface area contributed by atoms with Gasteiger partial charge >= 0.3 is 5.97 Å². The molecule has 29 heavy (non-hydrogen) atoms. The monoisotopic (exact) mass is 383 g/mol. The van der Waals surface area contributed by atoms with E-state index in [1.165, 1.54) is 5.56 Å². The van der Waals surface area contributed by atoms with Gasteiger partial charge in [0.1, 0.15) is 12.4 Å². The van der Waals surface area contributed by atoms with Crippen LogP contribution in [0.1, 0.15) is 27.8 Å². The van der Waals surface area contributed by atoms with Crippen LogP contribution in [0.15, 0.2) is 83.5 Å². The fourth-order valence-electron chi connectivity index (χ4n) is 3.18. The number of aliphatic imine (C=N–C) groups is 1. The van der Waals surface area contributed by atoms with E-state index in [-0.39, 0.29) is 5.70 Å². The van der Waals surface area contributed by atoms with Gasteiger partial charge in [-0.15, -0.1) is 0 Å². The predicted octanol–water partition coefficient (Wildman–Crippen LogP) is 5.23. The van der Waals surface area contributed by atoms with Crippen LogP contribution in [0.3, 0.4) is 0 Å². The summed E-state index contributed by atoms with van der Waals surface area (Å²) in [6.07, 6.45) is 1.71. The number of esters is 1. The van der Waals surface area contributed by atoms with Gasteiger partial charge in [-0.25, -0.2) is 9.79 Å². The van der Waals surface area contributed by atoms with Crippen molar-refractivity contribution in [3.8, 4) is 5.75 Å². The first-order valence-corrected chi connectivity index (χ1v) is 9.46. The van der Waals surface area contributed by atoms with E-state index < -0.39 is 5.97 Å². The summed E-state index contributed by atoms with van der Waals surface area (Å²) in [5, 5.41) is 0. The lowest BCUT2D eigenvalue weighted by atomic mass is 10.1. The van der Waals surface area contributed by atoms with E-state index in [4.69, 9.17) is 9.47 Å². The normalized spacial score (nSPS) is 14.6. The molecule has 0 saturated carbocycles. The summed E-state index contributed by atoms with van der Waals surface area (Å²) in [5.41, 5.74) is 5.13. The molecular formula is C25H21NO3. The number of hydrogen-bond donors (Lipinski definition) is 0. The van der Waals surface area contributed by atoms with Crippen LogP contribution in [0, 0.1) is 13.8 Å². The maximum absolute atomic E-state index is 12.4. The van der Waals surface area contributed by atoms with Crippen molar-refractivity contribution in [3.63, 3.8) is 0 Å². The van der Waals surface area contributed by atoms with Gasteiger partial charge in [-0.05, 0) is 43.2 Å². The molecule has 0 atom stereocenters. The molecule has 0 unspecified atom stereocenters. The first-order chi connectivity index (χ1) is 14.1. The molecule has 0 radical (unpaired) electrons. The number of aryl methyl sites for hydroxylation is 2. The van der Waals surface area contributed by atoms with Crippen LogP contribution < -0.4 is 4.74 Å². The molecule has 1 aliphatic rings. The molecule has 0 saturated heterocycles. The molecule has 0 fully saturated rings. The van der Waals surface area contributed by atoms with Crippen molar-refractivity contribution in [2.45, 2.75) is 20.5 Å². The number of rotatable bonds is 5. The van der Waals surface area contributed by atoms with Crippen LogP contribution >= 0.6 is 0 Å². The van der Waals surface area contributed by atoms with Gasteiger partial charge in [0, 0.05) is 11.1 Å². The van der Waals surface area contributed by atoms with Crippen molar-refractivity contribution in [1.82, 2.24) is 0 Å². The number of ether oxygens (including phenoxy) is 2. The van der Waals surface area contributed by atoms with E-state index in [2.05, 4.69) is 24.0 Å². The fraction of sp³-hybridized carbons (Fsp3) is 0.120. The number of nitrogens with zero attached hydrogens (tertiary/aromatic N) is 1. The van der Waals surface area contributed by atoms with Gasteiger partial charge < -0.3 is 9.47 Å². The SMILES string of the molecule is Cc1cccc(COc2ccccc2/C=C2\N=C(c3ccccc3C)OC2=O)c1. The Morgan fingerprint density at radius 1 is 0.966 bits per heavy atom. The van der Waals surface area contributed by atoms with E-state index in [9.17, 15) is 4.79 Å². The Kier molecular flexibility index (Phi) is 5.25. The molecular weight excluding hydrogens is 362 g/mol. The summed E-state index contributed by atoms with van der Waals surface area (Å²) < 4.78 is 11.4. The lowest BCUT2D eigenvalue weighted by Crippen LogP contribution is -2.06. The zero-order valence-electron chi connectivity index (χ0n) is 16.4. The summed E-state index contributed by atoms with van der Waals surface area (Å²) in [6, 6.07) is 23.5. The number of benzene rings is 3. The summed E-state index contributed by atoms with van der Waals surface area (Å²) in [5.74, 6) is 0.558. The van der Waals surface area contributed by atoms with Gasteiger partial charge in [0.15, 0.2) is 5.70 Å². The lowest BCUT2D eigenvalue weighted by Gasteiger charge is -2.09. The largest absolute Gasteiger partial charge is 0.488 e. The van der Waals surface area contributed by atoms with Gasteiger partial charge in [-0.3, -0.25) is 0 Å². The standard InChI is InChI=1S/C25H21NO3/c1-17-8-7-10-19(14-17)16-28-23-13-6-4-11-20(23)15-22-25(27)29-24(26-22)21-12-5-3-9-18(21)2/h3-15H,16H2,1-2H3/b22-15-. The van der Waals surface area contributed by atoms with E-state index in [1.807, 2.05) is 67.6 Å². The second-order valence-corrected chi connectivity index (χ2v) is 6.97. The smallest absolute Gasteiger partial charge is 0.363 e. The zero-order valence-corrected chi connectivity index (χ0v) is 16.4. The first kappa shape index (κ1) is 18.7. The number of para-hydroxylation sites is 1. The number of carbonyl (C=O) groups is 1. The Balaban J connectivity index is 1.60. The van der Waals surface area contributed by atoms with Crippen molar-refractivity contribution in [2.24, 2.45) is 4.99 Å². The minimum Gasteiger partial charge on any atom is -0.488 e. The minimum atomic E-state index is -0.461. The molecule has 0 amide bonds. The van der Waals surface area contributed by atoms with E-state index >= 15 is 0 Å². The Morgan fingerprint density at radius 3 is 2.59 bits per heavy atom. The topological polar surface area (TPSA) is 47.9 Å². The Labute approximate surface area is 170 Å². The van der Waals surface area contributed by atoms with Crippen LogP contribution in [0.25, 0.3) is 6.08 Å². The summed E-state index contributed by atoms with van der Waals surface area (Å²) in [6.45, 7) is 4.46. The Morgan fingerprint density at radius 2 is 1.76 bits per heavy atom. The maximum Gasteiger partial charge on any atom is 0.363 e. The molecule has 1 heterocycles. The summed E-state index contributed by atoms with van der Waals surface area (Å²) in [4.78, 5) is 16.8. The number of hydrogen-bond acceptors (Lipinski definition) is 4. The molecule has 4 heteroatoms. The molecule has 0 N–H and O–H groups in total. The molecule has 0 aromatic heterocycles. The second kappa shape index (κ2) is 8.15. The lowest BCUT2D eigenvalue weighted by molar-refractivity contribution is -0.129. The molecule has 3 aromatic carbocycles. The highest BCUT2D eigenvalue weighted by Gasteiger charge is 2.25. The Bertz CT molecular complexity index is 1130. The number of carbonyl (C=O) groups excluding carboxylic acids is 1. The highest BCUT2D eigenvalue weighted by molar-refractivity contribution is 6.13. The van der Waals surface area contributed by atoms with Crippen molar-refractivity contribution >= 4 is 17.9 Å². The molecule has 0 bridgehead atoms. The van der Waals surface area contributed by atoms with Crippen LogP contribution in [-0.4, -0.2) is 11.9 Å². The maximum atomic E-state index is 12.4. The molecule has 1 aliphatic heterocycles. The van der Waals surface area contributed by atoms with Crippen LogP contribution in [0.5, 0.6) is 5.75 Å². The molecule has 4 rings (SSSR count). The highest BCUT2D eigenvalue weighted by atomic mass is 16.6. The van der Waals surface area contributed by atoms with Gasteiger partial charge in [0.05, 0.1) is 0 Å². The predicted molar refractivity (Wildman–Crippen MR) is 114 cm³/mol. The van der Waals surface area contributed by atoms with Gasteiger partial charge in [-0.1, -0.05) is 66.2 Å². The van der Waals surface area contributed by atoms with Crippen LogP contribution in [-0.2, 0) is 16.1 Å². The Hall–Kier alpha value is -3.66. The summed E-state index contributed by atoms with van der Waals surface area (Å²) >= 11 is 0. The van der Waals surface area contributed by atoms with Crippen molar-refractivity contribution in [1.29, 1.82) is 0 Å². The zero-order chi connectivity index (χ0) is 20.2. The second-order valence-electron chi connectivity index (χ2n) is 6.97. The van der Waals surface area contributed by atoms with E-state index in [0.717, 1.165) is 22.3 Å². The molecule has 144 valence electrons. The third-order valence-electron chi connectivity index (χ3n) is 4.68. The average molecular weight is 383 g/mol. The van der Waals surface area contributed by atoms with Crippen LogP contribution in [0.2, 0.25) is 0 Å². The van der Waals surface area contributed by atoms with Crippen molar-refractivity contribution in [2.75, 3.05) is 0 Å². The quantitative estimate of drug-likeness (QED) is 0.448. The summed E-state index contributed by atoms with van der Waals surface area (Å²) in [7, 11) is 0. The number of cyclic esters (lactones) is 1. The minimum absolute atomic E-state index is 0.259.